The minimum atomic E-state index is -0.284. The quantitative estimate of drug-likeness (QED) is 0.633. The van der Waals surface area contributed by atoms with Crippen LogP contribution in [0.25, 0.3) is 0 Å². The minimum absolute atomic E-state index is 0.155. The van der Waals surface area contributed by atoms with E-state index < -0.39 is 0 Å². The van der Waals surface area contributed by atoms with Gasteiger partial charge < -0.3 is 20.8 Å². The number of aromatic hydroxyl groups is 2. The van der Waals surface area contributed by atoms with Crippen molar-refractivity contribution in [3.8, 4) is 11.5 Å². The Balaban J connectivity index is 1.96. The van der Waals surface area contributed by atoms with Crippen LogP contribution in [0.1, 0.15) is 37.0 Å². The smallest absolute Gasteiger partial charge is 0.251 e. The molecule has 1 amide bonds. The van der Waals surface area contributed by atoms with Crippen molar-refractivity contribution in [1.82, 2.24) is 10.6 Å². The van der Waals surface area contributed by atoms with Crippen molar-refractivity contribution in [2.24, 2.45) is 5.41 Å². The van der Waals surface area contributed by atoms with Gasteiger partial charge in [-0.2, -0.15) is 0 Å². The summed E-state index contributed by atoms with van der Waals surface area (Å²) in [5, 5.41) is 25.0. The highest BCUT2D eigenvalue weighted by Crippen LogP contribution is 2.29. The molecule has 1 saturated heterocycles. The van der Waals surface area contributed by atoms with Crippen molar-refractivity contribution >= 4 is 5.91 Å². The lowest BCUT2D eigenvalue weighted by Gasteiger charge is -2.39. The number of amides is 1. The molecular formula is C15H22N2O3. The summed E-state index contributed by atoms with van der Waals surface area (Å²) in [6, 6.07) is 4.31. The van der Waals surface area contributed by atoms with E-state index in [1.54, 1.807) is 0 Å². The van der Waals surface area contributed by atoms with Gasteiger partial charge >= 0.3 is 0 Å². The van der Waals surface area contributed by atoms with Crippen molar-refractivity contribution in [2.45, 2.75) is 32.7 Å². The van der Waals surface area contributed by atoms with Gasteiger partial charge in [-0.05, 0) is 43.0 Å². The SMILES string of the molecule is CC1(C)CCCNC1CNC(=O)c1ccc(O)c(O)c1. The van der Waals surface area contributed by atoms with E-state index in [9.17, 15) is 15.0 Å². The van der Waals surface area contributed by atoms with E-state index >= 15 is 0 Å². The summed E-state index contributed by atoms with van der Waals surface area (Å²) in [7, 11) is 0. The van der Waals surface area contributed by atoms with E-state index in [0.29, 0.717) is 12.1 Å². The second-order valence-electron chi connectivity index (χ2n) is 6.01. The molecule has 0 saturated carbocycles. The maximum absolute atomic E-state index is 12.0. The maximum atomic E-state index is 12.0. The number of carbonyl (C=O) groups is 1. The van der Waals surface area contributed by atoms with Gasteiger partial charge in [-0.3, -0.25) is 4.79 Å². The fourth-order valence-corrected chi connectivity index (χ4v) is 2.58. The molecule has 5 nitrogen and oxygen atoms in total. The average Bonchev–Trinajstić information content (AvgIpc) is 2.40. The van der Waals surface area contributed by atoms with Gasteiger partial charge in [0.25, 0.3) is 5.91 Å². The molecule has 2 rings (SSSR count). The number of piperidine rings is 1. The van der Waals surface area contributed by atoms with Crippen LogP contribution in [-0.2, 0) is 0 Å². The van der Waals surface area contributed by atoms with Crippen LogP contribution in [0, 0.1) is 5.41 Å². The fourth-order valence-electron chi connectivity index (χ4n) is 2.58. The summed E-state index contributed by atoms with van der Waals surface area (Å²) in [6.45, 7) is 5.92. The van der Waals surface area contributed by atoms with Crippen LogP contribution >= 0.6 is 0 Å². The second-order valence-corrected chi connectivity index (χ2v) is 6.01. The van der Waals surface area contributed by atoms with E-state index in [0.717, 1.165) is 19.4 Å². The van der Waals surface area contributed by atoms with Crippen LogP contribution < -0.4 is 10.6 Å². The summed E-state index contributed by atoms with van der Waals surface area (Å²) in [4.78, 5) is 12.0. The molecule has 20 heavy (non-hydrogen) atoms. The number of carbonyl (C=O) groups excluding carboxylic acids is 1. The van der Waals surface area contributed by atoms with Gasteiger partial charge in [0.15, 0.2) is 11.5 Å². The third-order valence-electron chi connectivity index (χ3n) is 4.04. The van der Waals surface area contributed by atoms with Crippen LogP contribution in [0.15, 0.2) is 18.2 Å². The Kier molecular flexibility index (Phi) is 4.18. The van der Waals surface area contributed by atoms with Gasteiger partial charge in [-0.25, -0.2) is 0 Å². The maximum Gasteiger partial charge on any atom is 0.251 e. The van der Waals surface area contributed by atoms with Gasteiger partial charge in [0.05, 0.1) is 0 Å². The molecule has 110 valence electrons. The van der Waals surface area contributed by atoms with Crippen molar-refractivity contribution in [2.75, 3.05) is 13.1 Å². The number of hydrogen-bond acceptors (Lipinski definition) is 4. The van der Waals surface area contributed by atoms with Gasteiger partial charge in [-0.1, -0.05) is 13.8 Å². The van der Waals surface area contributed by atoms with Crippen molar-refractivity contribution < 1.29 is 15.0 Å². The van der Waals surface area contributed by atoms with Gasteiger partial charge in [0.1, 0.15) is 0 Å². The molecule has 1 fully saturated rings. The Labute approximate surface area is 119 Å². The molecule has 5 heteroatoms. The summed E-state index contributed by atoms with van der Waals surface area (Å²) >= 11 is 0. The van der Waals surface area contributed by atoms with E-state index in [2.05, 4.69) is 24.5 Å². The van der Waals surface area contributed by atoms with E-state index in [4.69, 9.17) is 0 Å². The molecule has 0 bridgehead atoms. The summed E-state index contributed by atoms with van der Waals surface area (Å²) in [5.74, 6) is -0.756. The number of phenolic OH excluding ortho intramolecular Hbond substituents is 2. The molecule has 0 spiro atoms. The molecule has 1 unspecified atom stereocenters. The zero-order chi connectivity index (χ0) is 14.8. The lowest BCUT2D eigenvalue weighted by atomic mass is 9.77. The average molecular weight is 278 g/mol. The van der Waals surface area contributed by atoms with E-state index in [-0.39, 0.29) is 28.9 Å². The number of hydrogen-bond donors (Lipinski definition) is 4. The highest BCUT2D eigenvalue weighted by atomic mass is 16.3. The Morgan fingerprint density at radius 3 is 2.80 bits per heavy atom. The van der Waals surface area contributed by atoms with Gasteiger partial charge in [0.2, 0.25) is 0 Å². The zero-order valence-corrected chi connectivity index (χ0v) is 11.9. The lowest BCUT2D eigenvalue weighted by Crippen LogP contribution is -2.52. The van der Waals surface area contributed by atoms with Crippen molar-refractivity contribution in [1.29, 1.82) is 0 Å². The predicted octanol–water partition coefficient (Wildman–Crippen LogP) is 1.61. The molecule has 1 aliphatic rings. The number of rotatable bonds is 3. The summed E-state index contributed by atoms with van der Waals surface area (Å²) in [5.41, 5.74) is 0.497. The first kappa shape index (κ1) is 14.7. The van der Waals surface area contributed by atoms with Crippen molar-refractivity contribution in [3.63, 3.8) is 0 Å². The monoisotopic (exact) mass is 278 g/mol. The van der Waals surface area contributed by atoms with E-state index in [1.807, 2.05) is 0 Å². The summed E-state index contributed by atoms with van der Waals surface area (Å²) < 4.78 is 0. The van der Waals surface area contributed by atoms with Gasteiger partial charge in [0, 0.05) is 18.2 Å². The Morgan fingerprint density at radius 2 is 2.15 bits per heavy atom. The first-order valence-corrected chi connectivity index (χ1v) is 6.94. The molecule has 1 heterocycles. The summed E-state index contributed by atoms with van der Waals surface area (Å²) in [6.07, 6.45) is 2.30. The first-order chi connectivity index (χ1) is 9.40. The lowest BCUT2D eigenvalue weighted by molar-refractivity contribution is 0.0928. The van der Waals surface area contributed by atoms with Crippen molar-refractivity contribution in [3.05, 3.63) is 23.8 Å². The second kappa shape index (κ2) is 5.71. The minimum Gasteiger partial charge on any atom is -0.504 e. The molecular weight excluding hydrogens is 256 g/mol. The third-order valence-corrected chi connectivity index (χ3v) is 4.04. The predicted molar refractivity (Wildman–Crippen MR) is 76.9 cm³/mol. The number of phenols is 2. The van der Waals surface area contributed by atoms with Crippen LogP contribution in [0.2, 0.25) is 0 Å². The van der Waals surface area contributed by atoms with E-state index in [1.165, 1.54) is 18.2 Å². The van der Waals surface area contributed by atoms with Crippen LogP contribution in [0.5, 0.6) is 11.5 Å². The fraction of sp³-hybridized carbons (Fsp3) is 0.533. The highest BCUT2D eigenvalue weighted by molar-refractivity contribution is 5.94. The third kappa shape index (κ3) is 3.22. The standard InChI is InChI=1S/C15H22N2O3/c1-15(2)6-3-7-16-13(15)9-17-14(20)10-4-5-11(18)12(19)8-10/h4-5,8,13,16,18-19H,3,6-7,9H2,1-2H3,(H,17,20). The molecule has 1 aromatic carbocycles. The van der Waals surface area contributed by atoms with Crippen LogP contribution in [0.4, 0.5) is 0 Å². The molecule has 4 N–H and O–H groups in total. The highest BCUT2D eigenvalue weighted by Gasteiger charge is 2.31. The number of benzene rings is 1. The largest absolute Gasteiger partial charge is 0.504 e. The molecule has 0 aliphatic carbocycles. The zero-order valence-electron chi connectivity index (χ0n) is 11.9. The molecule has 1 aromatic rings. The van der Waals surface area contributed by atoms with Crippen LogP contribution in [0.3, 0.4) is 0 Å². The normalized spacial score (nSPS) is 21.4. The Morgan fingerprint density at radius 1 is 1.40 bits per heavy atom. The first-order valence-electron chi connectivity index (χ1n) is 6.94. The Bertz CT molecular complexity index is 500. The van der Waals surface area contributed by atoms with Crippen LogP contribution in [-0.4, -0.2) is 35.3 Å². The molecule has 1 atom stereocenters. The van der Waals surface area contributed by atoms with Gasteiger partial charge in [-0.15, -0.1) is 0 Å². The molecule has 1 aliphatic heterocycles. The molecule has 0 radical (unpaired) electrons. The number of nitrogens with one attached hydrogen (secondary N) is 2. The molecule has 0 aromatic heterocycles. The Hall–Kier alpha value is -1.75. The topological polar surface area (TPSA) is 81.6 Å².